The van der Waals surface area contributed by atoms with E-state index in [4.69, 9.17) is 0 Å². The zero-order chi connectivity index (χ0) is 17.1. The third kappa shape index (κ3) is 3.32. The summed E-state index contributed by atoms with van der Waals surface area (Å²) in [6.45, 7) is 3.66. The fourth-order valence-electron chi connectivity index (χ4n) is 2.47. The molecule has 0 radical (unpaired) electrons. The van der Waals surface area contributed by atoms with E-state index in [1.54, 1.807) is 12.1 Å². The molecule has 0 bridgehead atoms. The quantitative estimate of drug-likeness (QED) is 0.750. The zero-order valence-corrected chi connectivity index (χ0v) is 13.4. The number of allylic oxidation sites excluding steroid dienone is 1. The minimum Gasteiger partial charge on any atom is -0.343 e. The van der Waals surface area contributed by atoms with Crippen molar-refractivity contribution < 1.29 is 9.18 Å². The number of pyridine rings is 1. The van der Waals surface area contributed by atoms with Crippen LogP contribution in [0.25, 0.3) is 11.2 Å². The van der Waals surface area contributed by atoms with Gasteiger partial charge in [0.15, 0.2) is 11.5 Å². The van der Waals surface area contributed by atoms with E-state index in [0.29, 0.717) is 5.82 Å². The highest BCUT2D eigenvalue weighted by Gasteiger charge is 2.14. The Morgan fingerprint density at radius 2 is 1.96 bits per heavy atom. The first-order valence-corrected chi connectivity index (χ1v) is 7.59. The Bertz CT molecular complexity index is 899. The second-order valence-corrected chi connectivity index (χ2v) is 5.55. The minimum absolute atomic E-state index is 0.239. The van der Waals surface area contributed by atoms with Gasteiger partial charge in [-0.15, -0.1) is 10.2 Å². The summed E-state index contributed by atoms with van der Waals surface area (Å²) in [6.07, 6.45) is 3.35. The number of fused-ring (bicyclic) bond motifs is 1. The summed E-state index contributed by atoms with van der Waals surface area (Å²) in [4.78, 5) is 12.2. The predicted octanol–water partition coefficient (Wildman–Crippen LogP) is 3.15. The number of nitrogens with zero attached hydrogens (tertiary/aromatic N) is 3. The Kier molecular flexibility index (Phi) is 4.37. The van der Waals surface area contributed by atoms with Gasteiger partial charge in [-0.3, -0.25) is 9.20 Å². The van der Waals surface area contributed by atoms with E-state index in [0.717, 1.165) is 16.8 Å². The molecule has 24 heavy (non-hydrogen) atoms. The summed E-state index contributed by atoms with van der Waals surface area (Å²) >= 11 is 0. The maximum absolute atomic E-state index is 13.0. The van der Waals surface area contributed by atoms with Crippen molar-refractivity contribution in [2.45, 2.75) is 19.9 Å². The largest absolute Gasteiger partial charge is 0.343 e. The molecule has 0 spiro atoms. The summed E-state index contributed by atoms with van der Waals surface area (Å²) in [5.74, 6) is 0.118. The molecule has 0 unspecified atom stereocenters. The third-order valence-corrected chi connectivity index (χ3v) is 3.73. The van der Waals surface area contributed by atoms with Crippen LogP contribution >= 0.6 is 0 Å². The number of nitrogens with one attached hydrogen (secondary N) is 1. The van der Waals surface area contributed by atoms with Gasteiger partial charge in [-0.1, -0.05) is 18.2 Å². The van der Waals surface area contributed by atoms with Crippen molar-refractivity contribution >= 4 is 17.1 Å². The lowest BCUT2D eigenvalue weighted by molar-refractivity contribution is -0.117. The fraction of sp³-hybridized carbons (Fsp3) is 0.167. The van der Waals surface area contributed by atoms with Crippen LogP contribution in [0.3, 0.4) is 0 Å². The Morgan fingerprint density at radius 3 is 2.71 bits per heavy atom. The topological polar surface area (TPSA) is 59.3 Å². The number of carbonyl (C=O) groups excluding carboxylic acids is 1. The standard InChI is InChI=1S/C18H17FN4O/c1-12(14-6-8-15(19)9-7-14)11-17(24)20-13(2)18-22-21-16-5-3-4-10-23(16)18/h3-11,13H,1-2H3,(H,20,24)/b12-11-/t13-/m1/s1. The maximum Gasteiger partial charge on any atom is 0.244 e. The van der Waals surface area contributed by atoms with Gasteiger partial charge in [0.05, 0.1) is 6.04 Å². The summed E-state index contributed by atoms with van der Waals surface area (Å²) in [7, 11) is 0. The molecule has 122 valence electrons. The summed E-state index contributed by atoms with van der Waals surface area (Å²) in [6, 6.07) is 11.3. The highest BCUT2D eigenvalue weighted by molar-refractivity contribution is 5.95. The van der Waals surface area contributed by atoms with Crippen LogP contribution in [0.15, 0.2) is 54.7 Å². The normalized spacial score (nSPS) is 13.0. The fourth-order valence-corrected chi connectivity index (χ4v) is 2.47. The molecule has 6 heteroatoms. The Balaban J connectivity index is 1.74. The summed E-state index contributed by atoms with van der Waals surface area (Å²) < 4.78 is 14.8. The lowest BCUT2D eigenvalue weighted by Gasteiger charge is -2.11. The molecular formula is C18H17FN4O. The van der Waals surface area contributed by atoms with Gasteiger partial charge < -0.3 is 5.32 Å². The lowest BCUT2D eigenvalue weighted by atomic mass is 10.1. The highest BCUT2D eigenvalue weighted by atomic mass is 19.1. The van der Waals surface area contributed by atoms with Gasteiger partial charge in [0, 0.05) is 12.3 Å². The smallest absolute Gasteiger partial charge is 0.244 e. The van der Waals surface area contributed by atoms with Crippen LogP contribution < -0.4 is 5.32 Å². The number of halogens is 1. The van der Waals surface area contributed by atoms with Gasteiger partial charge in [0.1, 0.15) is 5.82 Å². The van der Waals surface area contributed by atoms with Crippen LogP contribution in [0.2, 0.25) is 0 Å². The van der Waals surface area contributed by atoms with E-state index in [1.807, 2.05) is 42.6 Å². The molecule has 5 nitrogen and oxygen atoms in total. The van der Waals surface area contributed by atoms with E-state index in [2.05, 4.69) is 15.5 Å². The summed E-state index contributed by atoms with van der Waals surface area (Å²) in [5.41, 5.74) is 2.28. The average Bonchev–Trinajstić information content (AvgIpc) is 2.99. The van der Waals surface area contributed by atoms with Gasteiger partial charge in [0.2, 0.25) is 5.91 Å². The van der Waals surface area contributed by atoms with Crippen molar-refractivity contribution in [1.29, 1.82) is 0 Å². The van der Waals surface area contributed by atoms with Crippen molar-refractivity contribution in [3.8, 4) is 0 Å². The van der Waals surface area contributed by atoms with Crippen LogP contribution in [0.5, 0.6) is 0 Å². The molecule has 0 aliphatic carbocycles. The molecule has 0 aliphatic rings. The lowest BCUT2D eigenvalue weighted by Crippen LogP contribution is -2.26. The first-order valence-electron chi connectivity index (χ1n) is 7.59. The molecule has 2 heterocycles. The van der Waals surface area contributed by atoms with Gasteiger partial charge in [-0.2, -0.15) is 0 Å². The molecular weight excluding hydrogens is 307 g/mol. The van der Waals surface area contributed by atoms with Crippen LogP contribution in [0.4, 0.5) is 4.39 Å². The number of aromatic nitrogens is 3. The van der Waals surface area contributed by atoms with Crippen molar-refractivity contribution in [3.63, 3.8) is 0 Å². The van der Waals surface area contributed by atoms with E-state index in [9.17, 15) is 9.18 Å². The van der Waals surface area contributed by atoms with Crippen molar-refractivity contribution in [3.05, 3.63) is 71.9 Å². The monoisotopic (exact) mass is 324 g/mol. The number of carbonyl (C=O) groups is 1. The third-order valence-electron chi connectivity index (χ3n) is 3.73. The van der Waals surface area contributed by atoms with E-state index < -0.39 is 0 Å². The van der Waals surface area contributed by atoms with E-state index in [1.165, 1.54) is 18.2 Å². The molecule has 2 aromatic heterocycles. The van der Waals surface area contributed by atoms with E-state index in [-0.39, 0.29) is 17.8 Å². The highest BCUT2D eigenvalue weighted by Crippen LogP contribution is 2.15. The molecule has 0 fully saturated rings. The second kappa shape index (κ2) is 6.62. The van der Waals surface area contributed by atoms with Crippen LogP contribution in [0.1, 0.15) is 31.3 Å². The van der Waals surface area contributed by atoms with Crippen molar-refractivity contribution in [2.75, 3.05) is 0 Å². The number of benzene rings is 1. The minimum atomic E-state index is -0.302. The molecule has 1 aromatic carbocycles. The van der Waals surface area contributed by atoms with Crippen LogP contribution in [0, 0.1) is 5.82 Å². The first-order chi connectivity index (χ1) is 11.5. The average molecular weight is 324 g/mol. The molecule has 1 atom stereocenters. The molecule has 3 rings (SSSR count). The van der Waals surface area contributed by atoms with Crippen LogP contribution in [-0.4, -0.2) is 20.5 Å². The van der Waals surface area contributed by atoms with Gasteiger partial charge in [0.25, 0.3) is 0 Å². The zero-order valence-electron chi connectivity index (χ0n) is 13.4. The van der Waals surface area contributed by atoms with Crippen molar-refractivity contribution in [2.24, 2.45) is 0 Å². The summed E-state index contributed by atoms with van der Waals surface area (Å²) in [5, 5.41) is 11.1. The molecule has 1 amide bonds. The van der Waals surface area contributed by atoms with Gasteiger partial charge >= 0.3 is 0 Å². The number of rotatable bonds is 4. The Morgan fingerprint density at radius 1 is 1.21 bits per heavy atom. The molecule has 0 saturated heterocycles. The van der Waals surface area contributed by atoms with Gasteiger partial charge in [-0.05, 0) is 49.2 Å². The van der Waals surface area contributed by atoms with Crippen molar-refractivity contribution in [1.82, 2.24) is 19.9 Å². The number of amides is 1. The maximum atomic E-state index is 13.0. The Hall–Kier alpha value is -3.02. The predicted molar refractivity (Wildman–Crippen MR) is 89.6 cm³/mol. The molecule has 0 aliphatic heterocycles. The molecule has 3 aromatic rings. The van der Waals surface area contributed by atoms with Gasteiger partial charge in [-0.25, -0.2) is 4.39 Å². The second-order valence-electron chi connectivity index (χ2n) is 5.55. The van der Waals surface area contributed by atoms with Crippen LogP contribution in [-0.2, 0) is 4.79 Å². The Labute approximate surface area is 138 Å². The SMILES string of the molecule is C/C(=C/C(=O)N[C@H](C)c1nnc2ccccn12)c1ccc(F)cc1. The van der Waals surface area contributed by atoms with E-state index >= 15 is 0 Å². The molecule has 1 N–H and O–H groups in total. The molecule has 0 saturated carbocycles. The number of hydrogen-bond acceptors (Lipinski definition) is 3. The number of hydrogen-bond donors (Lipinski definition) is 1. The first kappa shape index (κ1) is 15.9.